The maximum atomic E-state index is 12.2. The molecule has 1 aliphatic rings. The molecule has 1 aliphatic heterocycles. The van der Waals surface area contributed by atoms with Crippen molar-refractivity contribution in [1.29, 1.82) is 0 Å². The Morgan fingerprint density at radius 2 is 1.74 bits per heavy atom. The van der Waals surface area contributed by atoms with Gasteiger partial charge in [0.25, 0.3) is 0 Å². The van der Waals surface area contributed by atoms with Crippen molar-refractivity contribution in [3.05, 3.63) is 54.6 Å². The van der Waals surface area contributed by atoms with Crippen LogP contribution in [0, 0.1) is 0 Å². The van der Waals surface area contributed by atoms with Crippen LogP contribution in [0.15, 0.2) is 54.6 Å². The highest BCUT2D eigenvalue weighted by molar-refractivity contribution is 5.86. The van der Waals surface area contributed by atoms with E-state index in [4.69, 9.17) is 9.84 Å². The molecule has 0 atom stereocenters. The molecule has 1 fully saturated rings. The van der Waals surface area contributed by atoms with Crippen LogP contribution in [0.4, 0.5) is 10.5 Å². The summed E-state index contributed by atoms with van der Waals surface area (Å²) in [5.41, 5.74) is 2.81. The van der Waals surface area contributed by atoms with Crippen molar-refractivity contribution in [3.63, 3.8) is 0 Å². The van der Waals surface area contributed by atoms with E-state index in [1.54, 1.807) is 0 Å². The first-order valence-electron chi connectivity index (χ1n) is 9.17. The molecule has 3 rings (SSSR count). The summed E-state index contributed by atoms with van der Waals surface area (Å²) in [6.45, 7) is 2.03. The van der Waals surface area contributed by atoms with E-state index in [0.717, 1.165) is 37.1 Å². The predicted molar refractivity (Wildman–Crippen MR) is 104 cm³/mol. The van der Waals surface area contributed by atoms with Crippen LogP contribution < -0.4 is 5.32 Å². The summed E-state index contributed by atoms with van der Waals surface area (Å²) in [6, 6.07) is 17.6. The van der Waals surface area contributed by atoms with E-state index in [0.29, 0.717) is 12.2 Å². The van der Waals surface area contributed by atoms with Crippen molar-refractivity contribution in [2.75, 3.05) is 25.0 Å². The van der Waals surface area contributed by atoms with Gasteiger partial charge in [-0.1, -0.05) is 42.5 Å². The van der Waals surface area contributed by atoms with Gasteiger partial charge in [0.1, 0.15) is 6.10 Å². The zero-order chi connectivity index (χ0) is 19.1. The lowest BCUT2D eigenvalue weighted by atomic mass is 10.1. The van der Waals surface area contributed by atoms with Crippen LogP contribution in [0.25, 0.3) is 11.1 Å². The largest absolute Gasteiger partial charge is 0.481 e. The van der Waals surface area contributed by atoms with Crippen LogP contribution in [-0.4, -0.2) is 47.8 Å². The Bertz CT molecular complexity index is 771. The number of ether oxygens (including phenoxy) is 1. The second kappa shape index (κ2) is 9.19. The summed E-state index contributed by atoms with van der Waals surface area (Å²) < 4.78 is 5.52. The number of benzene rings is 2. The van der Waals surface area contributed by atoms with Gasteiger partial charge < -0.3 is 14.7 Å². The maximum Gasteiger partial charge on any atom is 0.411 e. The number of piperidine rings is 1. The number of carbonyl (C=O) groups excluding carboxylic acids is 1. The van der Waals surface area contributed by atoms with E-state index in [2.05, 4.69) is 10.2 Å². The van der Waals surface area contributed by atoms with Gasteiger partial charge in [0.15, 0.2) is 0 Å². The highest BCUT2D eigenvalue weighted by atomic mass is 16.6. The first-order chi connectivity index (χ1) is 13.1. The first kappa shape index (κ1) is 18.9. The van der Waals surface area contributed by atoms with Gasteiger partial charge in [-0.25, -0.2) is 4.79 Å². The highest BCUT2D eigenvalue weighted by Gasteiger charge is 2.22. The van der Waals surface area contributed by atoms with Gasteiger partial charge in [0, 0.05) is 25.3 Å². The molecule has 0 aromatic heterocycles. The first-order valence-corrected chi connectivity index (χ1v) is 9.17. The smallest absolute Gasteiger partial charge is 0.411 e. The molecular formula is C21H24N2O4. The third-order valence-corrected chi connectivity index (χ3v) is 4.67. The molecule has 6 heteroatoms. The number of aliphatic carboxylic acids is 1. The van der Waals surface area contributed by atoms with Gasteiger partial charge in [-0.2, -0.15) is 0 Å². The molecule has 0 bridgehead atoms. The van der Waals surface area contributed by atoms with Gasteiger partial charge in [0.2, 0.25) is 0 Å². The molecule has 0 radical (unpaired) electrons. The topological polar surface area (TPSA) is 78.9 Å². The zero-order valence-electron chi connectivity index (χ0n) is 15.1. The van der Waals surface area contributed by atoms with Gasteiger partial charge in [0.05, 0.1) is 6.42 Å². The fourth-order valence-corrected chi connectivity index (χ4v) is 3.21. The van der Waals surface area contributed by atoms with E-state index in [1.165, 1.54) is 0 Å². The minimum atomic E-state index is -0.787. The van der Waals surface area contributed by atoms with Crippen molar-refractivity contribution in [2.45, 2.75) is 25.4 Å². The van der Waals surface area contributed by atoms with Gasteiger partial charge in [-0.3, -0.25) is 10.1 Å². The zero-order valence-corrected chi connectivity index (χ0v) is 15.1. The lowest BCUT2D eigenvalue weighted by molar-refractivity contribution is -0.137. The molecule has 0 saturated carbocycles. The van der Waals surface area contributed by atoms with Crippen LogP contribution in [0.3, 0.4) is 0 Å². The molecule has 0 unspecified atom stereocenters. The minimum Gasteiger partial charge on any atom is -0.481 e. The number of amides is 1. The van der Waals surface area contributed by atoms with Crippen molar-refractivity contribution in [3.8, 4) is 11.1 Å². The highest BCUT2D eigenvalue weighted by Crippen LogP contribution is 2.23. The molecular weight excluding hydrogens is 344 g/mol. The van der Waals surface area contributed by atoms with Gasteiger partial charge in [-0.15, -0.1) is 0 Å². The monoisotopic (exact) mass is 368 g/mol. The van der Waals surface area contributed by atoms with Crippen LogP contribution in [0.1, 0.15) is 19.3 Å². The number of nitrogens with zero attached hydrogens (tertiary/aromatic N) is 1. The third kappa shape index (κ3) is 5.82. The fraction of sp³-hybridized carbons (Fsp3) is 0.333. The molecule has 2 N–H and O–H groups in total. The van der Waals surface area contributed by atoms with Crippen molar-refractivity contribution in [2.24, 2.45) is 0 Å². The molecule has 1 saturated heterocycles. The lowest BCUT2D eigenvalue weighted by Gasteiger charge is -2.31. The summed E-state index contributed by atoms with van der Waals surface area (Å²) >= 11 is 0. The molecule has 1 heterocycles. The molecule has 2 aromatic rings. The molecule has 2 aromatic carbocycles. The average Bonchev–Trinajstić information content (AvgIpc) is 2.68. The third-order valence-electron chi connectivity index (χ3n) is 4.67. The quantitative estimate of drug-likeness (QED) is 0.810. The Kier molecular flexibility index (Phi) is 6.44. The molecule has 1 amide bonds. The van der Waals surface area contributed by atoms with E-state index in [1.807, 2.05) is 54.6 Å². The number of carbonyl (C=O) groups is 2. The lowest BCUT2D eigenvalue weighted by Crippen LogP contribution is -2.39. The van der Waals surface area contributed by atoms with Crippen LogP contribution in [0.5, 0.6) is 0 Å². The maximum absolute atomic E-state index is 12.2. The Morgan fingerprint density at radius 1 is 1.04 bits per heavy atom. The Hall–Kier alpha value is -2.86. The second-order valence-electron chi connectivity index (χ2n) is 6.66. The molecule has 0 spiro atoms. The Balaban J connectivity index is 1.48. The molecule has 27 heavy (non-hydrogen) atoms. The number of rotatable bonds is 6. The number of hydrogen-bond acceptors (Lipinski definition) is 4. The summed E-state index contributed by atoms with van der Waals surface area (Å²) in [5, 5.41) is 11.5. The predicted octanol–water partition coefficient (Wildman–Crippen LogP) is 3.84. The van der Waals surface area contributed by atoms with E-state index >= 15 is 0 Å². The average molecular weight is 368 g/mol. The number of carboxylic acid groups (broad SMARTS) is 1. The molecule has 6 nitrogen and oxygen atoms in total. The van der Waals surface area contributed by atoms with E-state index in [-0.39, 0.29) is 12.5 Å². The number of hydrogen-bond donors (Lipinski definition) is 2. The van der Waals surface area contributed by atoms with Crippen LogP contribution >= 0.6 is 0 Å². The summed E-state index contributed by atoms with van der Waals surface area (Å²) in [6.07, 6.45) is 0.991. The summed E-state index contributed by atoms with van der Waals surface area (Å²) in [5.74, 6) is -0.787. The van der Waals surface area contributed by atoms with Crippen LogP contribution in [-0.2, 0) is 9.53 Å². The normalized spacial score (nSPS) is 15.3. The molecule has 142 valence electrons. The van der Waals surface area contributed by atoms with Gasteiger partial charge in [-0.05, 0) is 36.1 Å². The summed E-state index contributed by atoms with van der Waals surface area (Å²) in [4.78, 5) is 24.9. The Labute approximate surface area is 158 Å². The summed E-state index contributed by atoms with van der Waals surface area (Å²) in [7, 11) is 0. The number of likely N-dealkylation sites (tertiary alicyclic amines) is 1. The standard InChI is InChI=1S/C21H24N2O4/c24-20(25)11-14-23-12-9-19(10-13-23)27-21(26)22-18-8-4-7-17(15-18)16-5-2-1-3-6-16/h1-8,15,19H,9-14H2,(H,22,26)(H,24,25). The number of carboxylic acids is 1. The van der Waals surface area contributed by atoms with E-state index < -0.39 is 12.1 Å². The fourth-order valence-electron chi connectivity index (χ4n) is 3.21. The van der Waals surface area contributed by atoms with E-state index in [9.17, 15) is 9.59 Å². The Morgan fingerprint density at radius 3 is 2.44 bits per heavy atom. The number of anilines is 1. The minimum absolute atomic E-state index is 0.136. The van der Waals surface area contributed by atoms with Gasteiger partial charge >= 0.3 is 12.1 Å². The SMILES string of the molecule is O=C(O)CCN1CCC(OC(=O)Nc2cccc(-c3ccccc3)c2)CC1. The molecule has 0 aliphatic carbocycles. The van der Waals surface area contributed by atoms with Crippen molar-refractivity contribution in [1.82, 2.24) is 4.90 Å². The van der Waals surface area contributed by atoms with Crippen molar-refractivity contribution < 1.29 is 19.4 Å². The van der Waals surface area contributed by atoms with Crippen LogP contribution in [0.2, 0.25) is 0 Å². The second-order valence-corrected chi connectivity index (χ2v) is 6.66. The van der Waals surface area contributed by atoms with Crippen molar-refractivity contribution >= 4 is 17.7 Å². The number of nitrogens with one attached hydrogen (secondary N) is 1.